The Hall–Kier alpha value is -1.86. The molecule has 0 bridgehead atoms. The second-order valence-corrected chi connectivity index (χ2v) is 4.43. The zero-order chi connectivity index (χ0) is 15.5. The van der Waals surface area contributed by atoms with E-state index in [1.165, 1.54) is 6.07 Å². The van der Waals surface area contributed by atoms with Crippen molar-refractivity contribution < 1.29 is 32.2 Å². The third-order valence-corrected chi connectivity index (χ3v) is 2.39. The highest BCUT2D eigenvalue weighted by molar-refractivity contribution is 5.88. The molecule has 1 N–H and O–H groups in total. The molecule has 0 saturated heterocycles. The number of rotatable bonds is 6. The van der Waals surface area contributed by atoms with E-state index in [0.29, 0.717) is 5.69 Å². The van der Waals surface area contributed by atoms with Crippen LogP contribution in [-0.4, -0.2) is 35.0 Å². The van der Waals surface area contributed by atoms with Gasteiger partial charge in [0.05, 0.1) is 5.56 Å². The Labute approximate surface area is 112 Å². The Morgan fingerprint density at radius 3 is 2.45 bits per heavy atom. The topological polar surface area (TPSA) is 59.4 Å². The van der Waals surface area contributed by atoms with E-state index >= 15 is 0 Å². The van der Waals surface area contributed by atoms with Crippen LogP contribution in [0.2, 0.25) is 0 Å². The molecule has 0 saturated carbocycles. The lowest BCUT2D eigenvalue weighted by Gasteiger charge is -2.16. The van der Waals surface area contributed by atoms with Gasteiger partial charge >= 0.3 is 18.3 Å². The Bertz CT molecular complexity index is 492. The van der Waals surface area contributed by atoms with E-state index in [1.807, 2.05) is 0 Å². The Kier molecular flexibility index (Phi) is 4.91. The molecule has 1 heterocycles. The minimum Gasteiger partial charge on any atom is -0.478 e. The zero-order valence-electron chi connectivity index (χ0n) is 10.7. The number of pyridine rings is 1. The molecule has 0 aliphatic rings. The van der Waals surface area contributed by atoms with Crippen LogP contribution in [0.3, 0.4) is 0 Å². The number of hydrogen-bond acceptors (Lipinski definition) is 3. The van der Waals surface area contributed by atoms with Crippen molar-refractivity contribution in [2.75, 3.05) is 6.61 Å². The summed E-state index contributed by atoms with van der Waals surface area (Å²) in [6.07, 6.45) is -3.87. The quantitative estimate of drug-likeness (QED) is 0.819. The molecule has 0 amide bonds. The van der Waals surface area contributed by atoms with Crippen molar-refractivity contribution in [1.82, 2.24) is 4.98 Å². The van der Waals surface area contributed by atoms with Crippen molar-refractivity contribution in [1.29, 1.82) is 0 Å². The van der Waals surface area contributed by atoms with Gasteiger partial charge in [-0.2, -0.15) is 8.78 Å². The summed E-state index contributed by atoms with van der Waals surface area (Å²) in [6, 6.07) is 2.18. The van der Waals surface area contributed by atoms with Crippen molar-refractivity contribution in [3.63, 3.8) is 0 Å². The minimum atomic E-state index is -4.32. The lowest BCUT2D eigenvalue weighted by atomic mass is 10.1. The molecule has 0 aliphatic carbocycles. The third-order valence-electron chi connectivity index (χ3n) is 2.39. The summed E-state index contributed by atoms with van der Waals surface area (Å²) in [6.45, 7) is 1.86. The molecule has 1 aromatic heterocycles. The summed E-state index contributed by atoms with van der Waals surface area (Å²) in [4.78, 5) is 14.7. The lowest BCUT2D eigenvalue weighted by molar-refractivity contribution is -0.148. The fourth-order valence-corrected chi connectivity index (χ4v) is 1.25. The first kappa shape index (κ1) is 16.2. The number of carboxylic acid groups (broad SMARTS) is 1. The van der Waals surface area contributed by atoms with E-state index in [0.717, 1.165) is 6.07 Å². The van der Waals surface area contributed by atoms with Gasteiger partial charge in [-0.15, -0.1) is 0 Å². The van der Waals surface area contributed by atoms with E-state index in [9.17, 15) is 22.4 Å². The molecular weight excluding hydrogens is 282 g/mol. The molecule has 112 valence electrons. The highest BCUT2D eigenvalue weighted by Crippen LogP contribution is 2.25. The van der Waals surface area contributed by atoms with Crippen LogP contribution in [0.25, 0.3) is 0 Å². The monoisotopic (exact) mass is 295 g/mol. The van der Waals surface area contributed by atoms with E-state index in [2.05, 4.69) is 9.72 Å². The Balaban J connectivity index is 2.97. The van der Waals surface area contributed by atoms with Gasteiger partial charge in [0.2, 0.25) is 5.88 Å². The molecule has 0 fully saturated rings. The fraction of sp³-hybridized carbons (Fsp3) is 0.500. The fourth-order valence-electron chi connectivity index (χ4n) is 1.25. The first-order valence-corrected chi connectivity index (χ1v) is 5.67. The smallest absolute Gasteiger partial charge is 0.340 e. The number of nitrogens with zero attached hydrogens (tertiary/aromatic N) is 1. The molecule has 0 atom stereocenters. The SMILES string of the molecule is CC(C)c1cc(C(=O)O)cc(OCC(F)(F)C(F)F)n1. The normalized spacial score (nSPS) is 12.0. The van der Waals surface area contributed by atoms with Crippen LogP contribution in [-0.2, 0) is 0 Å². The highest BCUT2D eigenvalue weighted by Gasteiger charge is 2.41. The molecule has 20 heavy (non-hydrogen) atoms. The first-order valence-electron chi connectivity index (χ1n) is 5.67. The summed E-state index contributed by atoms with van der Waals surface area (Å²) in [5, 5.41) is 8.88. The molecule has 0 radical (unpaired) electrons. The number of alkyl halides is 4. The number of ether oxygens (including phenoxy) is 1. The van der Waals surface area contributed by atoms with Crippen LogP contribution >= 0.6 is 0 Å². The summed E-state index contributed by atoms with van der Waals surface area (Å²) in [5.41, 5.74) is 0.0966. The van der Waals surface area contributed by atoms with Gasteiger partial charge in [0.25, 0.3) is 0 Å². The number of aromatic nitrogens is 1. The maximum Gasteiger partial charge on any atom is 0.340 e. The van der Waals surface area contributed by atoms with Gasteiger partial charge in [-0.3, -0.25) is 0 Å². The number of hydrogen-bond donors (Lipinski definition) is 1. The maximum atomic E-state index is 12.7. The summed E-state index contributed by atoms with van der Waals surface area (Å²) >= 11 is 0. The van der Waals surface area contributed by atoms with Crippen LogP contribution < -0.4 is 4.74 Å². The average Bonchev–Trinajstić information content (AvgIpc) is 2.35. The number of carbonyl (C=O) groups is 1. The van der Waals surface area contributed by atoms with Crippen molar-refractivity contribution in [3.8, 4) is 5.88 Å². The van der Waals surface area contributed by atoms with Crippen molar-refractivity contribution >= 4 is 5.97 Å². The molecule has 4 nitrogen and oxygen atoms in total. The minimum absolute atomic E-state index is 0.174. The van der Waals surface area contributed by atoms with Gasteiger partial charge in [-0.05, 0) is 12.0 Å². The first-order chi connectivity index (χ1) is 9.13. The van der Waals surface area contributed by atoms with Crippen molar-refractivity contribution in [2.45, 2.75) is 32.1 Å². The molecule has 0 aromatic carbocycles. The Morgan fingerprint density at radius 2 is 2.00 bits per heavy atom. The average molecular weight is 295 g/mol. The van der Waals surface area contributed by atoms with Gasteiger partial charge in [0, 0.05) is 11.8 Å². The Morgan fingerprint density at radius 1 is 1.40 bits per heavy atom. The van der Waals surface area contributed by atoms with Crippen LogP contribution in [0.5, 0.6) is 5.88 Å². The van der Waals surface area contributed by atoms with Gasteiger partial charge in [0.15, 0.2) is 6.61 Å². The largest absolute Gasteiger partial charge is 0.478 e. The van der Waals surface area contributed by atoms with Crippen LogP contribution in [0.15, 0.2) is 12.1 Å². The van der Waals surface area contributed by atoms with E-state index < -0.39 is 30.8 Å². The van der Waals surface area contributed by atoms with E-state index in [-0.39, 0.29) is 11.5 Å². The summed E-state index contributed by atoms with van der Waals surface area (Å²) < 4.78 is 53.9. The molecule has 1 aromatic rings. The van der Waals surface area contributed by atoms with Gasteiger partial charge in [0.1, 0.15) is 0 Å². The third kappa shape index (κ3) is 4.07. The highest BCUT2D eigenvalue weighted by atomic mass is 19.3. The molecule has 1 rings (SSSR count). The predicted molar refractivity (Wildman–Crippen MR) is 61.7 cm³/mol. The lowest BCUT2D eigenvalue weighted by Crippen LogP contribution is -2.34. The molecular formula is C12H13F4NO3. The van der Waals surface area contributed by atoms with Gasteiger partial charge < -0.3 is 9.84 Å². The summed E-state index contributed by atoms with van der Waals surface area (Å²) in [7, 11) is 0. The second kappa shape index (κ2) is 6.06. The maximum absolute atomic E-state index is 12.7. The van der Waals surface area contributed by atoms with E-state index in [1.54, 1.807) is 13.8 Å². The molecule has 0 aliphatic heterocycles. The second-order valence-electron chi connectivity index (χ2n) is 4.43. The van der Waals surface area contributed by atoms with Crippen molar-refractivity contribution in [3.05, 3.63) is 23.4 Å². The van der Waals surface area contributed by atoms with Gasteiger partial charge in [-0.1, -0.05) is 13.8 Å². The molecule has 0 unspecified atom stereocenters. The predicted octanol–water partition coefficient (Wildman–Crippen LogP) is 3.18. The van der Waals surface area contributed by atoms with Crippen molar-refractivity contribution in [2.24, 2.45) is 0 Å². The van der Waals surface area contributed by atoms with E-state index in [4.69, 9.17) is 5.11 Å². The van der Waals surface area contributed by atoms with Crippen LogP contribution in [0.4, 0.5) is 17.6 Å². The summed E-state index contributed by atoms with van der Waals surface area (Å²) in [5.74, 6) is -6.21. The molecule has 8 heteroatoms. The van der Waals surface area contributed by atoms with Gasteiger partial charge in [-0.25, -0.2) is 18.6 Å². The number of aromatic carboxylic acids is 1. The standard InChI is InChI=1S/C12H13F4NO3/c1-6(2)8-3-7(10(18)19)4-9(17-8)20-5-12(15,16)11(13)14/h3-4,6,11H,5H2,1-2H3,(H,18,19). The van der Waals surface area contributed by atoms with Crippen LogP contribution in [0, 0.1) is 0 Å². The number of halogens is 4. The molecule has 0 spiro atoms. The van der Waals surface area contributed by atoms with Crippen LogP contribution in [0.1, 0.15) is 35.8 Å². The number of carboxylic acids is 1. The zero-order valence-corrected chi connectivity index (χ0v) is 10.7.